The molecule has 0 radical (unpaired) electrons. The molecular formula is C11H12ClNO4. The van der Waals surface area contributed by atoms with E-state index in [1.165, 1.54) is 12.1 Å². The highest BCUT2D eigenvalue weighted by molar-refractivity contribution is 6.33. The molecule has 1 heterocycles. The van der Waals surface area contributed by atoms with E-state index in [0.29, 0.717) is 0 Å². The zero-order chi connectivity index (χ0) is 12.8. The minimum atomic E-state index is -0.663. The van der Waals surface area contributed by atoms with Crippen LogP contribution in [0.15, 0.2) is 12.1 Å². The van der Waals surface area contributed by atoms with Crippen molar-refractivity contribution in [2.75, 3.05) is 13.2 Å². The van der Waals surface area contributed by atoms with Gasteiger partial charge in [0.1, 0.15) is 5.69 Å². The molecule has 0 aromatic carbocycles. The molecule has 0 saturated carbocycles. The molecule has 0 amide bonds. The van der Waals surface area contributed by atoms with Gasteiger partial charge in [0.15, 0.2) is 5.69 Å². The van der Waals surface area contributed by atoms with Crippen LogP contribution in [0.4, 0.5) is 0 Å². The molecule has 5 nitrogen and oxygen atoms in total. The van der Waals surface area contributed by atoms with Gasteiger partial charge in [0.25, 0.3) is 0 Å². The van der Waals surface area contributed by atoms with Gasteiger partial charge in [-0.25, -0.2) is 14.6 Å². The van der Waals surface area contributed by atoms with E-state index in [9.17, 15) is 9.59 Å². The van der Waals surface area contributed by atoms with Crippen LogP contribution in [-0.2, 0) is 9.47 Å². The number of aromatic nitrogens is 1. The second-order valence-electron chi connectivity index (χ2n) is 2.97. The van der Waals surface area contributed by atoms with Crippen molar-refractivity contribution in [3.63, 3.8) is 0 Å². The van der Waals surface area contributed by atoms with Crippen LogP contribution in [0.2, 0.25) is 5.02 Å². The Bertz CT molecular complexity index is 433. The number of carbonyl (C=O) groups excluding carboxylic acids is 2. The topological polar surface area (TPSA) is 65.5 Å². The van der Waals surface area contributed by atoms with Gasteiger partial charge in [-0.3, -0.25) is 0 Å². The Kier molecular flexibility index (Phi) is 4.90. The molecule has 0 bridgehead atoms. The molecule has 0 N–H and O–H groups in total. The molecule has 17 heavy (non-hydrogen) atoms. The Balaban J connectivity index is 3.02. The SMILES string of the molecule is CCOC(=O)c1ccc(Cl)c(C(=O)OCC)n1. The molecule has 0 fully saturated rings. The molecule has 0 aliphatic heterocycles. The highest BCUT2D eigenvalue weighted by atomic mass is 35.5. The number of rotatable bonds is 4. The van der Waals surface area contributed by atoms with Crippen LogP contribution in [0.5, 0.6) is 0 Å². The van der Waals surface area contributed by atoms with Crippen molar-refractivity contribution in [2.45, 2.75) is 13.8 Å². The van der Waals surface area contributed by atoms with Gasteiger partial charge in [0.05, 0.1) is 18.2 Å². The minimum absolute atomic E-state index is 0.0271. The fourth-order valence-electron chi connectivity index (χ4n) is 1.10. The number of hydrogen-bond donors (Lipinski definition) is 0. The first-order valence-corrected chi connectivity index (χ1v) is 5.48. The number of halogens is 1. The molecule has 1 aromatic heterocycles. The Morgan fingerprint density at radius 2 is 1.76 bits per heavy atom. The lowest BCUT2D eigenvalue weighted by Gasteiger charge is -2.05. The van der Waals surface area contributed by atoms with E-state index in [2.05, 4.69) is 4.98 Å². The van der Waals surface area contributed by atoms with Gasteiger partial charge in [-0.2, -0.15) is 0 Å². The molecule has 0 spiro atoms. The average molecular weight is 258 g/mol. The second kappa shape index (κ2) is 6.20. The Hall–Kier alpha value is -1.62. The molecule has 1 rings (SSSR count). The van der Waals surface area contributed by atoms with Gasteiger partial charge in [0.2, 0.25) is 0 Å². The summed E-state index contributed by atoms with van der Waals surface area (Å²) in [6, 6.07) is 2.80. The summed E-state index contributed by atoms with van der Waals surface area (Å²) in [5, 5.41) is 0.136. The van der Waals surface area contributed by atoms with Crippen LogP contribution in [0, 0.1) is 0 Å². The first kappa shape index (κ1) is 13.4. The van der Waals surface area contributed by atoms with Crippen LogP contribution in [0.1, 0.15) is 34.8 Å². The van der Waals surface area contributed by atoms with Gasteiger partial charge in [-0.05, 0) is 26.0 Å². The maximum Gasteiger partial charge on any atom is 0.358 e. The summed E-state index contributed by atoms with van der Waals surface area (Å²) in [7, 11) is 0. The van der Waals surface area contributed by atoms with Crippen molar-refractivity contribution < 1.29 is 19.1 Å². The smallest absolute Gasteiger partial charge is 0.358 e. The maximum atomic E-state index is 11.5. The van der Waals surface area contributed by atoms with Crippen LogP contribution < -0.4 is 0 Å². The third-order valence-electron chi connectivity index (χ3n) is 1.80. The Morgan fingerprint density at radius 3 is 2.35 bits per heavy atom. The van der Waals surface area contributed by atoms with Crippen LogP contribution in [0.25, 0.3) is 0 Å². The second-order valence-corrected chi connectivity index (χ2v) is 3.38. The molecule has 0 atom stereocenters. The zero-order valence-corrected chi connectivity index (χ0v) is 10.3. The molecule has 1 aromatic rings. The van der Waals surface area contributed by atoms with Crippen molar-refractivity contribution in [1.29, 1.82) is 0 Å². The van der Waals surface area contributed by atoms with Crippen LogP contribution >= 0.6 is 11.6 Å². The van der Waals surface area contributed by atoms with E-state index in [1.807, 2.05) is 0 Å². The number of carbonyl (C=O) groups is 2. The van der Waals surface area contributed by atoms with Crippen molar-refractivity contribution in [1.82, 2.24) is 4.98 Å². The summed E-state index contributed by atoms with van der Waals surface area (Å²) in [6.45, 7) is 3.79. The number of pyridine rings is 1. The summed E-state index contributed by atoms with van der Waals surface area (Å²) < 4.78 is 9.53. The first-order chi connectivity index (χ1) is 8.10. The number of esters is 2. The average Bonchev–Trinajstić information content (AvgIpc) is 2.30. The van der Waals surface area contributed by atoms with Crippen molar-refractivity contribution in [3.05, 3.63) is 28.5 Å². The van der Waals surface area contributed by atoms with Crippen molar-refractivity contribution in [2.24, 2.45) is 0 Å². The monoisotopic (exact) mass is 257 g/mol. The number of nitrogens with zero attached hydrogens (tertiary/aromatic N) is 1. The van der Waals surface area contributed by atoms with E-state index in [4.69, 9.17) is 21.1 Å². The lowest BCUT2D eigenvalue weighted by Crippen LogP contribution is -2.13. The first-order valence-electron chi connectivity index (χ1n) is 5.10. The van der Waals surface area contributed by atoms with Gasteiger partial charge in [-0.1, -0.05) is 11.6 Å². The predicted molar refractivity (Wildman–Crippen MR) is 61.2 cm³/mol. The molecule has 6 heteroatoms. The fraction of sp³-hybridized carbons (Fsp3) is 0.364. The molecule has 0 unspecified atom stereocenters. The summed E-state index contributed by atoms with van der Waals surface area (Å²) in [6.07, 6.45) is 0. The highest BCUT2D eigenvalue weighted by Gasteiger charge is 2.17. The summed E-state index contributed by atoms with van der Waals surface area (Å²) in [5.41, 5.74) is -0.0571. The summed E-state index contributed by atoms with van der Waals surface area (Å²) in [5.74, 6) is -1.27. The fourth-order valence-corrected chi connectivity index (χ4v) is 1.29. The summed E-state index contributed by atoms with van der Waals surface area (Å²) >= 11 is 5.79. The van der Waals surface area contributed by atoms with Crippen LogP contribution in [-0.4, -0.2) is 30.1 Å². The number of hydrogen-bond acceptors (Lipinski definition) is 5. The zero-order valence-electron chi connectivity index (χ0n) is 9.53. The molecule has 92 valence electrons. The lowest BCUT2D eigenvalue weighted by atomic mass is 10.3. The van der Waals surface area contributed by atoms with E-state index in [1.54, 1.807) is 13.8 Å². The molecule has 0 saturated heterocycles. The molecular weight excluding hydrogens is 246 g/mol. The van der Waals surface area contributed by atoms with Crippen LogP contribution in [0.3, 0.4) is 0 Å². The van der Waals surface area contributed by atoms with Crippen molar-refractivity contribution >= 4 is 23.5 Å². The van der Waals surface area contributed by atoms with Gasteiger partial charge < -0.3 is 9.47 Å². The normalized spacial score (nSPS) is 9.82. The van der Waals surface area contributed by atoms with Gasteiger partial charge in [-0.15, -0.1) is 0 Å². The number of ether oxygens (including phenoxy) is 2. The van der Waals surface area contributed by atoms with E-state index < -0.39 is 11.9 Å². The Labute approximate surface area is 104 Å². The standard InChI is InChI=1S/C11H12ClNO4/c1-3-16-10(14)8-6-5-7(12)9(13-8)11(15)17-4-2/h5-6H,3-4H2,1-2H3. The van der Waals surface area contributed by atoms with E-state index in [-0.39, 0.29) is 29.6 Å². The third kappa shape index (κ3) is 3.42. The van der Waals surface area contributed by atoms with E-state index >= 15 is 0 Å². The largest absolute Gasteiger partial charge is 0.461 e. The molecule has 0 aliphatic rings. The lowest BCUT2D eigenvalue weighted by molar-refractivity contribution is 0.0511. The minimum Gasteiger partial charge on any atom is -0.461 e. The third-order valence-corrected chi connectivity index (χ3v) is 2.10. The summed E-state index contributed by atoms with van der Waals surface area (Å²) in [4.78, 5) is 26.7. The van der Waals surface area contributed by atoms with Gasteiger partial charge >= 0.3 is 11.9 Å². The maximum absolute atomic E-state index is 11.5. The quantitative estimate of drug-likeness (QED) is 0.773. The molecule has 0 aliphatic carbocycles. The Morgan fingerprint density at radius 1 is 1.18 bits per heavy atom. The van der Waals surface area contributed by atoms with E-state index in [0.717, 1.165) is 0 Å². The van der Waals surface area contributed by atoms with Crippen molar-refractivity contribution in [3.8, 4) is 0 Å². The predicted octanol–water partition coefficient (Wildman–Crippen LogP) is 2.09. The van der Waals surface area contributed by atoms with Gasteiger partial charge in [0, 0.05) is 0 Å². The highest BCUT2D eigenvalue weighted by Crippen LogP contribution is 2.15.